The quantitative estimate of drug-likeness (QED) is 0.526. The fraction of sp³-hybridized carbons (Fsp3) is 0.467. The molecule has 0 heterocycles. The van der Waals surface area contributed by atoms with E-state index in [-0.39, 0.29) is 5.04 Å². The molecule has 0 saturated heterocycles. The second-order valence-corrected chi connectivity index (χ2v) is 10.9. The Kier molecular flexibility index (Phi) is 4.13. The fourth-order valence-corrected chi connectivity index (χ4v) is 1.93. The summed E-state index contributed by atoms with van der Waals surface area (Å²) in [7, 11) is -1.61. The van der Waals surface area contributed by atoms with Gasteiger partial charge in [0, 0.05) is 5.57 Å². The van der Waals surface area contributed by atoms with Gasteiger partial charge in [0.1, 0.15) is 0 Å². The lowest BCUT2D eigenvalue weighted by Crippen LogP contribution is -2.34. The molecule has 1 nitrogen and oxygen atoms in total. The average molecular weight is 245 g/mol. The van der Waals surface area contributed by atoms with Gasteiger partial charge in [-0.15, -0.1) is 0 Å². The Morgan fingerprint density at radius 1 is 1.12 bits per heavy atom. The molecular formula is C15H23NSi. The molecule has 17 heavy (non-hydrogen) atoms. The first-order chi connectivity index (χ1) is 7.74. The number of allylic oxidation sites excluding steroid dienone is 1. The molecule has 0 spiro atoms. The number of hydrogen-bond donors (Lipinski definition) is 0. The zero-order valence-corrected chi connectivity index (χ0v) is 12.8. The molecule has 2 heteroatoms. The first-order valence-corrected chi connectivity index (χ1v) is 9.06. The van der Waals surface area contributed by atoms with Crippen LogP contribution < -0.4 is 0 Å². The van der Waals surface area contributed by atoms with Crippen molar-refractivity contribution in [3.8, 4) is 0 Å². The van der Waals surface area contributed by atoms with Crippen molar-refractivity contribution in [3.63, 3.8) is 0 Å². The predicted octanol–water partition coefficient (Wildman–Crippen LogP) is 4.76. The molecule has 0 bridgehead atoms. The summed E-state index contributed by atoms with van der Waals surface area (Å²) in [4.78, 5) is 0. The SMILES string of the molecule is CC(=C=N[Si](C)(C)C(C)(C)C)c1ccccc1. The molecule has 0 radical (unpaired) electrons. The van der Waals surface area contributed by atoms with Crippen molar-refractivity contribution in [1.82, 2.24) is 0 Å². The van der Waals surface area contributed by atoms with E-state index >= 15 is 0 Å². The number of nitrogens with zero attached hydrogens (tertiary/aromatic N) is 1. The maximum absolute atomic E-state index is 4.76. The van der Waals surface area contributed by atoms with Crippen LogP contribution in [0.5, 0.6) is 0 Å². The minimum atomic E-state index is -1.61. The summed E-state index contributed by atoms with van der Waals surface area (Å²) in [5.41, 5.74) is 2.32. The Morgan fingerprint density at radius 2 is 1.65 bits per heavy atom. The summed E-state index contributed by atoms with van der Waals surface area (Å²) in [5, 5.41) is 0.275. The van der Waals surface area contributed by atoms with Gasteiger partial charge in [-0.1, -0.05) is 51.1 Å². The summed E-state index contributed by atoms with van der Waals surface area (Å²) in [6.45, 7) is 13.5. The third-order valence-corrected chi connectivity index (χ3v) is 7.89. The van der Waals surface area contributed by atoms with Gasteiger partial charge >= 0.3 is 0 Å². The molecule has 92 valence electrons. The molecular weight excluding hydrogens is 222 g/mol. The van der Waals surface area contributed by atoms with Gasteiger partial charge in [0.15, 0.2) is 8.24 Å². The van der Waals surface area contributed by atoms with Gasteiger partial charge in [0.05, 0.1) is 0 Å². The van der Waals surface area contributed by atoms with Crippen molar-refractivity contribution in [2.24, 2.45) is 4.66 Å². The van der Waals surface area contributed by atoms with Gasteiger partial charge in [-0.25, -0.2) is 0 Å². The highest BCUT2D eigenvalue weighted by Gasteiger charge is 2.35. The minimum absolute atomic E-state index is 0.275. The van der Waals surface area contributed by atoms with E-state index in [1.54, 1.807) is 0 Å². The van der Waals surface area contributed by atoms with Gasteiger partial charge < -0.3 is 0 Å². The molecule has 0 atom stereocenters. The molecule has 0 aliphatic carbocycles. The van der Waals surface area contributed by atoms with Crippen LogP contribution in [0.25, 0.3) is 5.57 Å². The number of rotatable bonds is 2. The van der Waals surface area contributed by atoms with Crippen molar-refractivity contribution in [1.29, 1.82) is 0 Å². The third kappa shape index (κ3) is 3.69. The Labute approximate surface area is 106 Å². The Hall–Kier alpha value is -1.11. The van der Waals surface area contributed by atoms with Crippen molar-refractivity contribution < 1.29 is 0 Å². The highest BCUT2D eigenvalue weighted by Crippen LogP contribution is 2.36. The standard InChI is InChI=1S/C15H23NSi/c1-13(14-10-8-7-9-11-14)12-16-17(5,6)15(2,3)4/h7-11H,1-6H3. The second-order valence-electron chi connectivity index (χ2n) is 6.02. The van der Waals surface area contributed by atoms with Gasteiger partial charge in [-0.3, -0.25) is 4.66 Å². The van der Waals surface area contributed by atoms with E-state index in [0.717, 1.165) is 5.57 Å². The van der Waals surface area contributed by atoms with Crippen LogP contribution in [-0.2, 0) is 0 Å². The third-order valence-electron chi connectivity index (χ3n) is 3.55. The zero-order chi connectivity index (χ0) is 13.1. The molecule has 0 amide bonds. The van der Waals surface area contributed by atoms with Gasteiger partial charge in [-0.2, -0.15) is 0 Å². The summed E-state index contributed by atoms with van der Waals surface area (Å²) < 4.78 is 4.76. The summed E-state index contributed by atoms with van der Waals surface area (Å²) >= 11 is 0. The highest BCUT2D eigenvalue weighted by molar-refractivity contribution is 6.79. The first-order valence-electron chi connectivity index (χ1n) is 6.11. The maximum Gasteiger partial charge on any atom is 0.193 e. The van der Waals surface area contributed by atoms with E-state index in [1.807, 2.05) is 18.2 Å². The smallest absolute Gasteiger partial charge is 0.193 e. The second kappa shape index (κ2) is 5.03. The van der Waals surface area contributed by atoms with Gasteiger partial charge in [0.2, 0.25) is 0 Å². The van der Waals surface area contributed by atoms with Crippen molar-refractivity contribution in [3.05, 3.63) is 35.9 Å². The fourth-order valence-electron chi connectivity index (χ4n) is 1.14. The van der Waals surface area contributed by atoms with Gasteiger partial charge in [0.25, 0.3) is 0 Å². The normalized spacial score (nSPS) is 11.9. The molecule has 1 rings (SSSR count). The van der Waals surface area contributed by atoms with Crippen LogP contribution >= 0.6 is 0 Å². The number of hydrogen-bond acceptors (Lipinski definition) is 1. The summed E-state index contributed by atoms with van der Waals surface area (Å²) in [6.07, 6.45) is 0. The monoisotopic (exact) mass is 245 g/mol. The lowest BCUT2D eigenvalue weighted by Gasteiger charge is -2.31. The Morgan fingerprint density at radius 3 is 2.12 bits per heavy atom. The van der Waals surface area contributed by atoms with Crippen LogP contribution in [0.1, 0.15) is 33.3 Å². The summed E-state index contributed by atoms with van der Waals surface area (Å²) in [6, 6.07) is 10.3. The van der Waals surface area contributed by atoms with E-state index in [4.69, 9.17) is 4.66 Å². The molecule has 1 aromatic rings. The van der Waals surface area contributed by atoms with Crippen LogP contribution in [0.3, 0.4) is 0 Å². The zero-order valence-electron chi connectivity index (χ0n) is 11.8. The molecule has 0 saturated carbocycles. The molecule has 0 aliphatic rings. The Balaban J connectivity index is 3.05. The molecule has 0 fully saturated rings. The lowest BCUT2D eigenvalue weighted by molar-refractivity contribution is 0.719. The summed E-state index contributed by atoms with van der Waals surface area (Å²) in [5.74, 6) is 3.25. The average Bonchev–Trinajstić information content (AvgIpc) is 2.25. The van der Waals surface area contributed by atoms with Crippen LogP contribution in [0.15, 0.2) is 35.0 Å². The van der Waals surface area contributed by atoms with Gasteiger partial charge in [-0.05, 0) is 36.5 Å². The topological polar surface area (TPSA) is 12.4 Å². The highest BCUT2D eigenvalue weighted by atomic mass is 28.3. The predicted molar refractivity (Wildman–Crippen MR) is 80.2 cm³/mol. The van der Waals surface area contributed by atoms with Crippen LogP contribution in [-0.4, -0.2) is 14.1 Å². The van der Waals surface area contributed by atoms with Crippen LogP contribution in [0.4, 0.5) is 0 Å². The Bertz CT molecular complexity index is 432. The molecule has 0 aromatic heterocycles. The van der Waals surface area contributed by atoms with Crippen LogP contribution in [0.2, 0.25) is 18.1 Å². The van der Waals surface area contributed by atoms with Crippen molar-refractivity contribution in [2.75, 3.05) is 0 Å². The lowest BCUT2D eigenvalue weighted by atomic mass is 10.1. The minimum Gasteiger partial charge on any atom is -0.283 e. The molecule has 0 N–H and O–H groups in total. The van der Waals surface area contributed by atoms with Crippen molar-refractivity contribution in [2.45, 2.75) is 45.8 Å². The van der Waals surface area contributed by atoms with E-state index < -0.39 is 8.24 Å². The largest absolute Gasteiger partial charge is 0.283 e. The molecule has 1 aromatic carbocycles. The first kappa shape index (κ1) is 13.9. The van der Waals surface area contributed by atoms with E-state index in [1.165, 1.54) is 5.56 Å². The maximum atomic E-state index is 4.76. The van der Waals surface area contributed by atoms with Crippen molar-refractivity contribution >= 4 is 19.7 Å². The van der Waals surface area contributed by atoms with E-state index in [9.17, 15) is 0 Å². The molecule has 0 unspecified atom stereocenters. The molecule has 0 aliphatic heterocycles. The van der Waals surface area contributed by atoms with Crippen LogP contribution in [0, 0.1) is 0 Å². The van der Waals surface area contributed by atoms with E-state index in [0.29, 0.717) is 0 Å². The number of benzene rings is 1. The van der Waals surface area contributed by atoms with E-state index in [2.05, 4.69) is 58.8 Å².